The Morgan fingerprint density at radius 3 is 2.83 bits per heavy atom. The Labute approximate surface area is 111 Å². The van der Waals surface area contributed by atoms with Gasteiger partial charge in [0.05, 0.1) is 10.7 Å². The highest BCUT2D eigenvalue weighted by atomic mass is 35.5. The predicted molar refractivity (Wildman–Crippen MR) is 70.4 cm³/mol. The monoisotopic (exact) mass is 263 g/mol. The van der Waals surface area contributed by atoms with Gasteiger partial charge in [-0.05, 0) is 30.7 Å². The molecule has 0 radical (unpaired) electrons. The number of nitrogens with zero attached hydrogens (tertiary/aromatic N) is 2. The second kappa shape index (κ2) is 5.80. The Hall–Kier alpha value is -1.65. The van der Waals surface area contributed by atoms with E-state index in [1.54, 1.807) is 18.3 Å². The fourth-order valence-electron chi connectivity index (χ4n) is 1.60. The molecule has 2 N–H and O–H groups in total. The molecule has 0 atom stereocenters. The van der Waals surface area contributed by atoms with Crippen LogP contribution in [0.15, 0.2) is 30.5 Å². The Morgan fingerprint density at radius 1 is 1.28 bits per heavy atom. The van der Waals surface area contributed by atoms with Crippen LogP contribution in [0.25, 0.3) is 0 Å². The molecule has 1 heterocycles. The minimum atomic E-state index is 0.104. The third-order valence-corrected chi connectivity index (χ3v) is 2.78. The molecule has 0 unspecified atom stereocenters. The molecular weight excluding hydrogens is 250 g/mol. The SMILES string of the molecule is Cc1nccc(CNCc2ccc(O)c(Cl)c2)n1. The first kappa shape index (κ1) is 12.8. The normalized spacial score (nSPS) is 10.6. The van der Waals surface area contributed by atoms with Crippen LogP contribution < -0.4 is 5.32 Å². The van der Waals surface area contributed by atoms with Gasteiger partial charge in [0.2, 0.25) is 0 Å². The minimum Gasteiger partial charge on any atom is -0.506 e. The molecule has 0 bridgehead atoms. The van der Waals surface area contributed by atoms with Crippen molar-refractivity contribution >= 4 is 11.6 Å². The van der Waals surface area contributed by atoms with Crippen molar-refractivity contribution < 1.29 is 5.11 Å². The largest absolute Gasteiger partial charge is 0.506 e. The summed E-state index contributed by atoms with van der Waals surface area (Å²) in [6, 6.07) is 7.05. The average Bonchev–Trinajstić information content (AvgIpc) is 2.34. The third kappa shape index (κ3) is 3.42. The number of aromatic nitrogens is 2. The molecular formula is C13H14ClN3O. The molecule has 0 aliphatic carbocycles. The summed E-state index contributed by atoms with van der Waals surface area (Å²) in [6.07, 6.45) is 1.75. The van der Waals surface area contributed by atoms with Crippen LogP contribution in [-0.4, -0.2) is 15.1 Å². The van der Waals surface area contributed by atoms with Gasteiger partial charge in [0.1, 0.15) is 11.6 Å². The lowest BCUT2D eigenvalue weighted by Crippen LogP contribution is -2.14. The Bertz CT molecular complexity index is 546. The summed E-state index contributed by atoms with van der Waals surface area (Å²) < 4.78 is 0. The van der Waals surface area contributed by atoms with Gasteiger partial charge in [0.15, 0.2) is 0 Å². The number of hydrogen-bond acceptors (Lipinski definition) is 4. The topological polar surface area (TPSA) is 58.0 Å². The number of nitrogens with one attached hydrogen (secondary N) is 1. The molecule has 5 heteroatoms. The van der Waals surface area contributed by atoms with Crippen molar-refractivity contribution in [3.8, 4) is 5.75 Å². The summed E-state index contributed by atoms with van der Waals surface area (Å²) in [5.74, 6) is 0.869. The number of aromatic hydroxyl groups is 1. The van der Waals surface area contributed by atoms with E-state index in [-0.39, 0.29) is 5.75 Å². The first-order valence-electron chi connectivity index (χ1n) is 5.62. The first-order valence-corrected chi connectivity index (χ1v) is 5.99. The van der Waals surface area contributed by atoms with Crippen molar-refractivity contribution in [1.29, 1.82) is 0 Å². The van der Waals surface area contributed by atoms with Crippen LogP contribution in [0.5, 0.6) is 5.75 Å². The lowest BCUT2D eigenvalue weighted by Gasteiger charge is -2.06. The van der Waals surface area contributed by atoms with E-state index in [0.29, 0.717) is 18.1 Å². The van der Waals surface area contributed by atoms with Gasteiger partial charge in [0, 0.05) is 19.3 Å². The fraction of sp³-hybridized carbons (Fsp3) is 0.231. The molecule has 0 aliphatic rings. The standard InChI is InChI=1S/C13H14ClN3O/c1-9-16-5-4-11(17-9)8-15-7-10-2-3-13(18)12(14)6-10/h2-6,15,18H,7-8H2,1H3. The summed E-state index contributed by atoms with van der Waals surface area (Å²) >= 11 is 5.83. The second-order valence-corrected chi connectivity index (χ2v) is 4.39. The summed E-state index contributed by atoms with van der Waals surface area (Å²) in [7, 11) is 0. The maximum Gasteiger partial charge on any atom is 0.134 e. The zero-order valence-corrected chi connectivity index (χ0v) is 10.8. The Kier molecular flexibility index (Phi) is 4.12. The van der Waals surface area contributed by atoms with Crippen molar-refractivity contribution in [1.82, 2.24) is 15.3 Å². The van der Waals surface area contributed by atoms with Crippen molar-refractivity contribution in [2.45, 2.75) is 20.0 Å². The summed E-state index contributed by atoms with van der Waals surface area (Å²) in [6.45, 7) is 3.20. The van der Waals surface area contributed by atoms with E-state index in [2.05, 4.69) is 15.3 Å². The molecule has 4 nitrogen and oxygen atoms in total. The molecule has 18 heavy (non-hydrogen) atoms. The maximum absolute atomic E-state index is 9.31. The van der Waals surface area contributed by atoms with Crippen LogP contribution in [0, 0.1) is 6.92 Å². The quantitative estimate of drug-likeness (QED) is 0.890. The van der Waals surface area contributed by atoms with Crippen LogP contribution in [0.4, 0.5) is 0 Å². The van der Waals surface area contributed by atoms with E-state index in [4.69, 9.17) is 11.6 Å². The molecule has 1 aromatic heterocycles. The number of halogens is 1. The molecule has 2 aromatic rings. The maximum atomic E-state index is 9.31. The van der Waals surface area contributed by atoms with E-state index < -0.39 is 0 Å². The molecule has 0 fully saturated rings. The average molecular weight is 264 g/mol. The van der Waals surface area contributed by atoms with Crippen molar-refractivity contribution in [2.75, 3.05) is 0 Å². The smallest absolute Gasteiger partial charge is 0.134 e. The highest BCUT2D eigenvalue weighted by Crippen LogP contribution is 2.23. The van der Waals surface area contributed by atoms with E-state index in [0.717, 1.165) is 17.1 Å². The van der Waals surface area contributed by atoms with E-state index in [1.807, 2.05) is 19.1 Å². The number of benzene rings is 1. The summed E-state index contributed by atoms with van der Waals surface area (Å²) in [5.41, 5.74) is 1.97. The highest BCUT2D eigenvalue weighted by Gasteiger charge is 2.00. The number of hydrogen-bond donors (Lipinski definition) is 2. The van der Waals surface area contributed by atoms with Crippen LogP contribution in [-0.2, 0) is 13.1 Å². The molecule has 2 rings (SSSR count). The predicted octanol–water partition coefficient (Wildman–Crippen LogP) is 2.43. The van der Waals surface area contributed by atoms with Crippen LogP contribution in [0.3, 0.4) is 0 Å². The number of phenols is 1. The van der Waals surface area contributed by atoms with Gasteiger partial charge < -0.3 is 10.4 Å². The van der Waals surface area contributed by atoms with Gasteiger partial charge in [-0.25, -0.2) is 9.97 Å². The lowest BCUT2D eigenvalue weighted by atomic mass is 10.2. The number of rotatable bonds is 4. The summed E-state index contributed by atoms with van der Waals surface area (Å²) in [5, 5.41) is 12.9. The van der Waals surface area contributed by atoms with E-state index in [1.165, 1.54) is 0 Å². The van der Waals surface area contributed by atoms with Crippen LogP contribution >= 0.6 is 11.6 Å². The minimum absolute atomic E-state index is 0.104. The van der Waals surface area contributed by atoms with Crippen LogP contribution in [0.2, 0.25) is 5.02 Å². The van der Waals surface area contributed by atoms with Gasteiger partial charge in [-0.2, -0.15) is 0 Å². The Balaban J connectivity index is 1.90. The van der Waals surface area contributed by atoms with Gasteiger partial charge in [-0.3, -0.25) is 0 Å². The molecule has 0 aliphatic heterocycles. The lowest BCUT2D eigenvalue weighted by molar-refractivity contribution is 0.475. The second-order valence-electron chi connectivity index (χ2n) is 3.98. The Morgan fingerprint density at radius 2 is 2.11 bits per heavy atom. The molecule has 0 saturated heterocycles. The van der Waals surface area contributed by atoms with Gasteiger partial charge in [-0.1, -0.05) is 17.7 Å². The van der Waals surface area contributed by atoms with Gasteiger partial charge >= 0.3 is 0 Å². The van der Waals surface area contributed by atoms with E-state index >= 15 is 0 Å². The molecule has 1 aromatic carbocycles. The fourth-order valence-corrected chi connectivity index (χ4v) is 1.80. The van der Waals surface area contributed by atoms with Gasteiger partial charge in [-0.15, -0.1) is 0 Å². The van der Waals surface area contributed by atoms with Crippen LogP contribution in [0.1, 0.15) is 17.1 Å². The molecule has 0 saturated carbocycles. The van der Waals surface area contributed by atoms with E-state index in [9.17, 15) is 5.11 Å². The number of phenolic OH excluding ortho intramolecular Hbond substituents is 1. The van der Waals surface area contributed by atoms with Crippen molar-refractivity contribution in [3.05, 3.63) is 52.6 Å². The third-order valence-electron chi connectivity index (χ3n) is 2.48. The molecule has 0 amide bonds. The summed E-state index contributed by atoms with van der Waals surface area (Å²) in [4.78, 5) is 8.34. The van der Waals surface area contributed by atoms with Crippen molar-refractivity contribution in [2.24, 2.45) is 0 Å². The first-order chi connectivity index (χ1) is 8.65. The van der Waals surface area contributed by atoms with Gasteiger partial charge in [0.25, 0.3) is 0 Å². The molecule has 94 valence electrons. The molecule has 0 spiro atoms. The zero-order chi connectivity index (χ0) is 13.0. The zero-order valence-electron chi connectivity index (χ0n) is 10.0. The van der Waals surface area contributed by atoms with Crippen molar-refractivity contribution in [3.63, 3.8) is 0 Å². The highest BCUT2D eigenvalue weighted by molar-refractivity contribution is 6.32. The number of aryl methyl sites for hydroxylation is 1.